The Balaban J connectivity index is 0.000000139. The molecule has 0 aliphatic heterocycles. The molecule has 0 fully saturated rings. The summed E-state index contributed by atoms with van der Waals surface area (Å²) in [5.74, 6) is 10.8. The fraction of sp³-hybridized carbons (Fsp3) is 0.186. The predicted octanol–water partition coefficient (Wildman–Crippen LogP) is 22.9. The van der Waals surface area contributed by atoms with Crippen molar-refractivity contribution in [2.45, 2.75) is 118 Å². The van der Waals surface area contributed by atoms with Crippen molar-refractivity contribution in [3.05, 3.63) is 308 Å². The van der Waals surface area contributed by atoms with E-state index in [1.165, 1.54) is 90.7 Å². The maximum Gasteiger partial charge on any atom is 0.322 e. The molecule has 0 aliphatic carbocycles. The highest BCUT2D eigenvalue weighted by atomic mass is 19.1. The number of hydrogen-bond acceptors (Lipinski definition) is 24. The second-order valence-electron chi connectivity index (χ2n) is 33.9. The van der Waals surface area contributed by atoms with Crippen LogP contribution in [-0.4, -0.2) is 118 Å². The minimum absolute atomic E-state index is 0.0107. The number of aryl methyl sites for hydroxylation is 20. The third-order valence-electron chi connectivity index (χ3n) is 24.1. The monoisotopic (exact) mass is 1940 g/mol. The van der Waals surface area contributed by atoms with E-state index >= 15 is 17.6 Å². The molecule has 0 unspecified atom stereocenters. The first kappa shape index (κ1) is 86.8. The molecule has 20 aromatic rings. The molecule has 0 radical (unpaired) electrons. The maximum atomic E-state index is 15.5. The van der Waals surface area contributed by atoms with Crippen LogP contribution in [0.1, 0.15) is 133 Å². The average molecular weight is 1940 g/mol. The van der Waals surface area contributed by atoms with Crippen molar-refractivity contribution in [2.24, 2.45) is 28.1 Å². The van der Waals surface area contributed by atoms with Gasteiger partial charge in [-0.15, -0.1) is 19.3 Å². The molecule has 16 aromatic heterocycles. The van der Waals surface area contributed by atoms with E-state index in [0.717, 1.165) is 101 Å². The Hall–Kier alpha value is -18.6. The zero-order chi connectivity index (χ0) is 110. The van der Waals surface area contributed by atoms with E-state index in [4.69, 9.17) is 55.5 Å². The third kappa shape index (κ3) is 19.3. The van der Waals surface area contributed by atoms with Crippen LogP contribution in [0.5, 0.6) is 47.0 Å². The van der Waals surface area contributed by atoms with Gasteiger partial charge in [-0.3, -0.25) is 0 Å². The number of halogens is 4. The van der Waals surface area contributed by atoms with E-state index in [1.54, 1.807) is 113 Å². The Morgan fingerprint density at radius 2 is 0.545 bits per heavy atom. The summed E-state index contributed by atoms with van der Waals surface area (Å²) in [6, 6.07) is 31.7. The topological polar surface area (TPSA) is 314 Å². The molecule has 16 heterocycles. The molecule has 145 heavy (non-hydrogen) atoms. The van der Waals surface area contributed by atoms with Crippen LogP contribution in [0.15, 0.2) is 171 Å². The molecule has 32 heteroatoms. The van der Waals surface area contributed by atoms with Crippen molar-refractivity contribution in [2.75, 3.05) is 0 Å². The molecule has 0 atom stereocenters. The van der Waals surface area contributed by atoms with Crippen molar-refractivity contribution in [3.63, 3.8) is 0 Å². The SMILES string of the molecule is CC#Cc1cc(C)c(-c2c(-c3ccc(Oc4nccc(C)n4)c(F)c3)c3c(C)ncnc3n2C)c(C)n1.[2H]C([2H])([2H])c1ccnc(Oc2ccc(-c3c(-c4c(C)cc(C#C)nc4C)n(C)c4ncnc(C)c34)cc2F)n1.[2H]C([2H])([2H])c1ncnc2c1c(-c1ccc(Oc3nccc(C)n3)c(F)c1)c(-c1c(C)cc(C#C)nc1C)n2C.[2H]C([2H])([2H])n1c(-c2c(C)cc(C#C)nc2C)c(-c2ccc(Oc3nccc(C)n3)c(F)c2)c2c(C)ncnc21. The first-order valence-electron chi connectivity index (χ1n) is 49.5. The molecule has 0 N–H and O–H groups in total. The molecule has 0 spiro atoms. The molecule has 20 rings (SSSR count). The van der Waals surface area contributed by atoms with Gasteiger partial charge in [-0.05, 0) is 265 Å². The quantitative estimate of drug-likeness (QED) is 0.0641. The van der Waals surface area contributed by atoms with Crippen molar-refractivity contribution in [1.82, 2.24) is 118 Å². The Kier molecular flexibility index (Phi) is 24.4. The lowest BCUT2D eigenvalue weighted by Gasteiger charge is -2.15. The first-order chi connectivity index (χ1) is 73.2. The van der Waals surface area contributed by atoms with E-state index in [-0.39, 0.29) is 64.1 Å². The Bertz CT molecular complexity index is 9090. The Morgan fingerprint density at radius 3 is 0.807 bits per heavy atom. The zero-order valence-corrected chi connectivity index (χ0v) is 81.8. The smallest absolute Gasteiger partial charge is 0.322 e. The molecular formula is C113H94F4N24O4. The maximum absolute atomic E-state index is 15.5. The van der Waals surface area contributed by atoms with Gasteiger partial charge in [0.25, 0.3) is 0 Å². The lowest BCUT2D eigenvalue weighted by atomic mass is 9.94. The summed E-state index contributed by atoms with van der Waals surface area (Å²) in [4.78, 5) is 85.8. The van der Waals surface area contributed by atoms with Crippen LogP contribution >= 0.6 is 0 Å². The van der Waals surface area contributed by atoms with Gasteiger partial charge in [0.1, 0.15) is 70.7 Å². The Labute approximate surface area is 845 Å². The fourth-order valence-electron chi connectivity index (χ4n) is 17.9. The van der Waals surface area contributed by atoms with Gasteiger partial charge in [0.2, 0.25) is 0 Å². The molecular weight excluding hydrogens is 1830 g/mol. The number of rotatable bonds is 16. The highest BCUT2D eigenvalue weighted by Crippen LogP contribution is 2.50. The number of ether oxygens (including phenoxy) is 4. The minimum Gasteiger partial charge on any atom is -0.421 e. The highest BCUT2D eigenvalue weighted by molar-refractivity contribution is 6.09. The van der Waals surface area contributed by atoms with Gasteiger partial charge < -0.3 is 37.2 Å². The third-order valence-corrected chi connectivity index (χ3v) is 24.1. The molecule has 4 aromatic carbocycles. The number of fused-ring (bicyclic) bond motifs is 4. The number of benzene rings is 4. The normalized spacial score (nSPS) is 12.2. The molecule has 0 aliphatic rings. The number of aromatic nitrogens is 24. The molecule has 0 amide bonds. The summed E-state index contributed by atoms with van der Waals surface area (Å²) in [5, 5.41) is 2.41. The zero-order valence-electron chi connectivity index (χ0n) is 90.8. The fourth-order valence-corrected chi connectivity index (χ4v) is 17.9. The molecule has 28 nitrogen and oxygen atoms in total. The van der Waals surface area contributed by atoms with Crippen molar-refractivity contribution >= 4 is 44.1 Å². The average Bonchev–Trinajstić information content (AvgIpc) is 1.57. The predicted molar refractivity (Wildman–Crippen MR) is 549 cm³/mol. The van der Waals surface area contributed by atoms with Gasteiger partial charge in [-0.2, -0.15) is 0 Å². The Morgan fingerprint density at radius 1 is 0.283 bits per heavy atom. The number of pyridine rings is 4. The summed E-state index contributed by atoms with van der Waals surface area (Å²) in [6.07, 6.45) is 28.2. The lowest BCUT2D eigenvalue weighted by Crippen LogP contribution is -2.01. The van der Waals surface area contributed by atoms with Gasteiger partial charge >= 0.3 is 24.0 Å². The molecule has 718 valence electrons. The number of terminal acetylenes is 3. The van der Waals surface area contributed by atoms with Crippen LogP contribution < -0.4 is 18.9 Å². The van der Waals surface area contributed by atoms with Crippen LogP contribution in [0.25, 0.3) is 134 Å². The van der Waals surface area contributed by atoms with Gasteiger partial charge in [0.05, 0.1) is 45.6 Å². The van der Waals surface area contributed by atoms with Crippen LogP contribution in [-0.2, 0) is 28.1 Å². The summed E-state index contributed by atoms with van der Waals surface area (Å²) >= 11 is 0. The second-order valence-corrected chi connectivity index (χ2v) is 33.9. The van der Waals surface area contributed by atoms with Crippen molar-refractivity contribution < 1.29 is 48.8 Å². The van der Waals surface area contributed by atoms with E-state index in [0.29, 0.717) is 129 Å². The minimum atomic E-state index is -2.62. The molecule has 0 bridgehead atoms. The van der Waals surface area contributed by atoms with E-state index < -0.39 is 43.9 Å². The molecule has 0 saturated heterocycles. The van der Waals surface area contributed by atoms with Crippen LogP contribution in [0.2, 0.25) is 0 Å². The molecule has 0 saturated carbocycles. The highest BCUT2D eigenvalue weighted by Gasteiger charge is 2.32. The van der Waals surface area contributed by atoms with Crippen LogP contribution in [0, 0.1) is 183 Å². The van der Waals surface area contributed by atoms with Gasteiger partial charge in [0, 0.05) is 177 Å². The van der Waals surface area contributed by atoms with Gasteiger partial charge in [-0.1, -0.05) is 47.9 Å². The van der Waals surface area contributed by atoms with Crippen molar-refractivity contribution in [3.8, 4) is 185 Å². The van der Waals surface area contributed by atoms with Crippen LogP contribution in [0.4, 0.5) is 17.6 Å². The lowest BCUT2D eigenvalue weighted by molar-refractivity contribution is 0.410. The van der Waals surface area contributed by atoms with Crippen molar-refractivity contribution in [1.29, 1.82) is 0 Å². The first-order valence-corrected chi connectivity index (χ1v) is 45.0. The standard InChI is InChI=1S/C29H25FN6O.3C28H23FN6O/c1-7-8-21-13-16(2)24(19(5)35-21)27-26(25-18(4)32-15-33-28(25)36(27)6)20-9-10-23(22(30)14-20)37-29-31-12-11-17(3)34-29;3*1-7-20-12-15(2)23(18(5)34-20)26-25(24-17(4)31-14-32-27(24)35(26)6)19-8-9-22(21(29)13-19)36-28-30-11-10-16(3)33-28/h9-15H,1-6H3;3*1,8-14H,2-6H3/i;6D3;4D3;3D3. The summed E-state index contributed by atoms with van der Waals surface area (Å²) in [5.41, 5.74) is 24.4. The number of hydrogen-bond donors (Lipinski definition) is 0. The van der Waals surface area contributed by atoms with E-state index in [2.05, 4.69) is 124 Å². The number of nitrogens with zero attached hydrogens (tertiary/aromatic N) is 24. The summed E-state index contributed by atoms with van der Waals surface area (Å²) in [7, 11) is 5.62. The van der Waals surface area contributed by atoms with Gasteiger partial charge in [0.15, 0.2) is 46.3 Å². The van der Waals surface area contributed by atoms with Crippen LogP contribution in [0.3, 0.4) is 0 Å². The van der Waals surface area contributed by atoms with E-state index in [1.807, 2.05) is 111 Å². The summed E-state index contributed by atoms with van der Waals surface area (Å²) < 4.78 is 163. The second kappa shape index (κ2) is 40.7. The largest absolute Gasteiger partial charge is 0.421 e. The van der Waals surface area contributed by atoms with Gasteiger partial charge in [-0.25, -0.2) is 117 Å². The summed E-state index contributed by atoms with van der Waals surface area (Å²) in [6.45, 7) is 20.2. The van der Waals surface area contributed by atoms with E-state index in [9.17, 15) is 0 Å².